The molecular weight excluding hydrogens is 204 g/mol. The van der Waals surface area contributed by atoms with E-state index in [2.05, 4.69) is 0 Å². The van der Waals surface area contributed by atoms with Gasteiger partial charge in [0.05, 0.1) is 0 Å². The second-order valence-corrected chi connectivity index (χ2v) is 5.69. The Labute approximate surface area is 79.4 Å². The second kappa shape index (κ2) is 3.92. The first-order chi connectivity index (χ1) is 5.19. The number of carbonyl (C=O) groups is 1. The average molecular weight is 213 g/mol. The Morgan fingerprint density at radius 3 is 2.64 bits per heavy atom. The van der Waals surface area contributed by atoms with Gasteiger partial charge in [-0.3, -0.25) is 0 Å². The van der Waals surface area contributed by atoms with Crippen LogP contribution in [-0.4, -0.2) is 27.6 Å². The quantitative estimate of drug-likeness (QED) is 0.516. The topological polar surface area (TPSA) is 26.3 Å². The van der Waals surface area contributed by atoms with Crippen molar-refractivity contribution in [3.05, 3.63) is 0 Å². The molecule has 1 fully saturated rings. The van der Waals surface area contributed by atoms with E-state index in [0.29, 0.717) is 0 Å². The van der Waals surface area contributed by atoms with Gasteiger partial charge in [0.1, 0.15) is 0 Å². The molecule has 5 heteroatoms. The van der Waals surface area contributed by atoms with Crippen LogP contribution in [0.2, 0.25) is 0 Å². The SMILES string of the molecule is CC1(C(=O)OCCl)SCCS1. The molecule has 2 nitrogen and oxygen atoms in total. The van der Waals surface area contributed by atoms with E-state index in [4.69, 9.17) is 16.3 Å². The van der Waals surface area contributed by atoms with Gasteiger partial charge in [-0.05, 0) is 6.92 Å². The zero-order chi connectivity index (χ0) is 8.32. The second-order valence-electron chi connectivity index (χ2n) is 2.18. The van der Waals surface area contributed by atoms with Crippen LogP contribution in [0.5, 0.6) is 0 Å². The fourth-order valence-corrected chi connectivity index (χ4v) is 3.54. The van der Waals surface area contributed by atoms with E-state index in [1.165, 1.54) is 0 Å². The standard InChI is InChI=1S/C6H9ClO2S2/c1-6(5(8)9-4-7)10-2-3-11-6/h2-4H2,1H3. The average Bonchev–Trinajstić information content (AvgIpc) is 2.38. The van der Waals surface area contributed by atoms with Gasteiger partial charge in [0.15, 0.2) is 10.1 Å². The van der Waals surface area contributed by atoms with Gasteiger partial charge in [-0.25, -0.2) is 4.79 Å². The molecule has 1 saturated heterocycles. The fourth-order valence-electron chi connectivity index (χ4n) is 0.813. The summed E-state index contributed by atoms with van der Waals surface area (Å²) >= 11 is 8.52. The van der Waals surface area contributed by atoms with E-state index >= 15 is 0 Å². The van der Waals surface area contributed by atoms with Crippen LogP contribution < -0.4 is 0 Å². The lowest BCUT2D eigenvalue weighted by molar-refractivity contribution is -0.141. The summed E-state index contributed by atoms with van der Waals surface area (Å²) in [6.45, 7) is 1.88. The van der Waals surface area contributed by atoms with Crippen molar-refractivity contribution in [3.63, 3.8) is 0 Å². The Hall–Kier alpha value is 0.460. The van der Waals surface area contributed by atoms with E-state index in [0.717, 1.165) is 11.5 Å². The van der Waals surface area contributed by atoms with Gasteiger partial charge < -0.3 is 4.74 Å². The number of carbonyl (C=O) groups excluding carboxylic acids is 1. The fraction of sp³-hybridized carbons (Fsp3) is 0.833. The van der Waals surface area contributed by atoms with Crippen LogP contribution in [0, 0.1) is 0 Å². The van der Waals surface area contributed by atoms with E-state index in [9.17, 15) is 4.79 Å². The van der Waals surface area contributed by atoms with Gasteiger partial charge in [-0.1, -0.05) is 11.6 Å². The number of hydrogen-bond acceptors (Lipinski definition) is 4. The summed E-state index contributed by atoms with van der Waals surface area (Å²) in [7, 11) is 0. The normalized spacial score (nSPS) is 21.6. The molecular formula is C6H9ClO2S2. The first-order valence-corrected chi connectivity index (χ1v) is 5.71. The maximum Gasteiger partial charge on any atom is 0.333 e. The number of rotatable bonds is 2. The Balaban J connectivity index is 2.49. The van der Waals surface area contributed by atoms with Crippen molar-refractivity contribution < 1.29 is 9.53 Å². The summed E-state index contributed by atoms with van der Waals surface area (Å²) in [5, 5.41) is 0. The van der Waals surface area contributed by atoms with E-state index < -0.39 is 4.08 Å². The number of esters is 1. The van der Waals surface area contributed by atoms with Crippen LogP contribution in [0.3, 0.4) is 0 Å². The molecule has 0 aromatic heterocycles. The predicted molar refractivity (Wildman–Crippen MR) is 50.1 cm³/mol. The van der Waals surface area contributed by atoms with Crippen molar-refractivity contribution in [1.29, 1.82) is 0 Å². The Bertz CT molecular complexity index is 157. The molecule has 0 unspecified atom stereocenters. The molecule has 0 aromatic rings. The van der Waals surface area contributed by atoms with Gasteiger partial charge in [0.25, 0.3) is 0 Å². The molecule has 0 aliphatic carbocycles. The summed E-state index contributed by atoms with van der Waals surface area (Å²) in [6, 6.07) is -0.0461. The molecule has 1 rings (SSSR count). The summed E-state index contributed by atoms with van der Waals surface area (Å²) in [5.74, 6) is 1.82. The monoisotopic (exact) mass is 212 g/mol. The summed E-state index contributed by atoms with van der Waals surface area (Å²) in [5.41, 5.74) is 0. The summed E-state index contributed by atoms with van der Waals surface area (Å²) < 4.78 is 4.31. The third kappa shape index (κ3) is 2.20. The van der Waals surface area contributed by atoms with E-state index in [1.807, 2.05) is 6.92 Å². The largest absolute Gasteiger partial charge is 0.448 e. The summed E-state index contributed by atoms with van der Waals surface area (Å²) in [6.07, 6.45) is 0. The van der Waals surface area contributed by atoms with Crippen molar-refractivity contribution >= 4 is 41.1 Å². The van der Waals surface area contributed by atoms with E-state index in [-0.39, 0.29) is 12.0 Å². The first kappa shape index (κ1) is 9.55. The molecule has 1 heterocycles. The van der Waals surface area contributed by atoms with E-state index in [1.54, 1.807) is 23.5 Å². The lowest BCUT2D eigenvalue weighted by Gasteiger charge is -2.17. The molecule has 0 bridgehead atoms. The van der Waals surface area contributed by atoms with Crippen molar-refractivity contribution in [2.24, 2.45) is 0 Å². The number of hydrogen-bond donors (Lipinski definition) is 0. The van der Waals surface area contributed by atoms with Crippen molar-refractivity contribution in [2.45, 2.75) is 11.0 Å². The maximum atomic E-state index is 11.2. The highest BCUT2D eigenvalue weighted by Crippen LogP contribution is 2.44. The minimum Gasteiger partial charge on any atom is -0.448 e. The molecule has 0 amide bonds. The lowest BCUT2D eigenvalue weighted by Crippen LogP contribution is -2.27. The number of thioether (sulfide) groups is 2. The Morgan fingerprint density at radius 1 is 1.64 bits per heavy atom. The number of alkyl halides is 1. The third-order valence-corrected chi connectivity index (χ3v) is 4.72. The highest BCUT2D eigenvalue weighted by Gasteiger charge is 2.39. The molecule has 64 valence electrons. The highest BCUT2D eigenvalue weighted by atomic mass is 35.5. The Morgan fingerprint density at radius 2 is 2.18 bits per heavy atom. The Kier molecular flexibility index (Phi) is 3.40. The molecule has 0 aromatic carbocycles. The minimum atomic E-state index is -0.408. The first-order valence-electron chi connectivity index (χ1n) is 3.20. The van der Waals surface area contributed by atoms with Crippen LogP contribution in [0.4, 0.5) is 0 Å². The zero-order valence-electron chi connectivity index (χ0n) is 6.13. The highest BCUT2D eigenvalue weighted by molar-refractivity contribution is 8.22. The molecule has 0 radical (unpaired) electrons. The molecule has 1 aliphatic heterocycles. The third-order valence-electron chi connectivity index (χ3n) is 1.39. The van der Waals surface area contributed by atoms with Crippen molar-refractivity contribution in [2.75, 3.05) is 17.6 Å². The van der Waals surface area contributed by atoms with Gasteiger partial charge in [-0.2, -0.15) is 0 Å². The van der Waals surface area contributed by atoms with Crippen LogP contribution in [0.25, 0.3) is 0 Å². The molecule has 1 aliphatic rings. The van der Waals surface area contributed by atoms with Crippen molar-refractivity contribution in [3.8, 4) is 0 Å². The predicted octanol–water partition coefficient (Wildman–Crippen LogP) is 1.92. The van der Waals surface area contributed by atoms with Crippen LogP contribution >= 0.6 is 35.1 Å². The smallest absolute Gasteiger partial charge is 0.333 e. The summed E-state index contributed by atoms with van der Waals surface area (Å²) in [4.78, 5) is 11.2. The minimum absolute atomic E-state index is 0.0461. The molecule has 0 atom stereocenters. The van der Waals surface area contributed by atoms with Crippen LogP contribution in [-0.2, 0) is 9.53 Å². The maximum absolute atomic E-state index is 11.2. The van der Waals surface area contributed by atoms with Gasteiger partial charge in [0, 0.05) is 11.5 Å². The number of halogens is 1. The zero-order valence-corrected chi connectivity index (χ0v) is 8.52. The molecule has 0 spiro atoms. The number of ether oxygens (including phenoxy) is 1. The molecule has 0 saturated carbocycles. The molecule has 0 N–H and O–H groups in total. The van der Waals surface area contributed by atoms with Gasteiger partial charge in [-0.15, -0.1) is 23.5 Å². The van der Waals surface area contributed by atoms with Gasteiger partial charge in [0.2, 0.25) is 0 Å². The van der Waals surface area contributed by atoms with Crippen LogP contribution in [0.1, 0.15) is 6.92 Å². The van der Waals surface area contributed by atoms with Crippen molar-refractivity contribution in [1.82, 2.24) is 0 Å². The molecule has 11 heavy (non-hydrogen) atoms. The van der Waals surface area contributed by atoms with Gasteiger partial charge >= 0.3 is 5.97 Å². The van der Waals surface area contributed by atoms with Crippen LogP contribution in [0.15, 0.2) is 0 Å². The lowest BCUT2D eigenvalue weighted by atomic mass is 10.5.